The van der Waals surface area contributed by atoms with E-state index < -0.39 is 0 Å². The molecule has 0 spiro atoms. The van der Waals surface area contributed by atoms with Crippen LogP contribution in [0.3, 0.4) is 0 Å². The summed E-state index contributed by atoms with van der Waals surface area (Å²) >= 11 is 0. The summed E-state index contributed by atoms with van der Waals surface area (Å²) < 4.78 is 5.48. The minimum Gasteiger partial charge on any atom is -0.381 e. The number of carbonyl (C=O) groups is 1. The number of rotatable bonds is 4. The third-order valence-electron chi connectivity index (χ3n) is 4.20. The second-order valence-electron chi connectivity index (χ2n) is 5.20. The van der Waals surface area contributed by atoms with Gasteiger partial charge in [-0.05, 0) is 54.4 Å². The summed E-state index contributed by atoms with van der Waals surface area (Å²) in [4.78, 5) is 11.8. The molecule has 104 valence electrons. The number of carbonyl (C=O) groups excluding carboxylic acids is 1. The van der Waals surface area contributed by atoms with Crippen molar-refractivity contribution < 1.29 is 9.53 Å². The van der Waals surface area contributed by atoms with Crippen molar-refractivity contribution in [3.63, 3.8) is 0 Å². The van der Waals surface area contributed by atoms with Crippen LogP contribution in [-0.2, 0) is 30.4 Å². The number of hydrogen-bond donors (Lipinski definition) is 1. The van der Waals surface area contributed by atoms with E-state index >= 15 is 0 Å². The van der Waals surface area contributed by atoms with Gasteiger partial charge in [-0.2, -0.15) is 0 Å². The van der Waals surface area contributed by atoms with Crippen molar-refractivity contribution in [1.29, 1.82) is 0 Å². The van der Waals surface area contributed by atoms with Gasteiger partial charge in [0.2, 0.25) is 5.91 Å². The van der Waals surface area contributed by atoms with Gasteiger partial charge in [-0.15, -0.1) is 0 Å². The number of ether oxygens (including phenoxy) is 1. The van der Waals surface area contributed by atoms with Crippen molar-refractivity contribution in [2.24, 2.45) is 5.73 Å². The number of aryl methyl sites for hydroxylation is 1. The molecule has 3 heteroatoms. The van der Waals surface area contributed by atoms with E-state index in [0.717, 1.165) is 48.8 Å². The van der Waals surface area contributed by atoms with Crippen molar-refractivity contribution in [3.05, 3.63) is 33.9 Å². The Morgan fingerprint density at radius 3 is 2.68 bits per heavy atom. The van der Waals surface area contributed by atoms with Crippen molar-refractivity contribution in [1.82, 2.24) is 0 Å². The van der Waals surface area contributed by atoms with E-state index in [0.29, 0.717) is 6.10 Å². The Balaban J connectivity index is 2.58. The first-order valence-electron chi connectivity index (χ1n) is 7.11. The molecule has 1 aromatic carbocycles. The molecule has 1 aliphatic carbocycles. The van der Waals surface area contributed by atoms with Crippen LogP contribution < -0.4 is 5.73 Å². The highest BCUT2D eigenvalue weighted by Crippen LogP contribution is 2.31. The highest BCUT2D eigenvalue weighted by Gasteiger charge is 2.25. The number of methoxy groups -OCH3 is 1. The van der Waals surface area contributed by atoms with Gasteiger partial charge < -0.3 is 10.5 Å². The van der Waals surface area contributed by atoms with Crippen molar-refractivity contribution in [2.75, 3.05) is 7.11 Å². The Labute approximate surface area is 115 Å². The van der Waals surface area contributed by atoms with Crippen molar-refractivity contribution in [3.8, 4) is 0 Å². The molecule has 0 aliphatic heterocycles. The molecule has 0 radical (unpaired) electrons. The molecular weight excluding hydrogens is 238 g/mol. The zero-order valence-electron chi connectivity index (χ0n) is 12.1. The fourth-order valence-electron chi connectivity index (χ4n) is 3.23. The SMILES string of the molecule is CCc1cc2c(c(CC)c1C(N)=O)CCC(OC)C2. The first-order valence-corrected chi connectivity index (χ1v) is 7.11. The summed E-state index contributed by atoms with van der Waals surface area (Å²) in [6, 6.07) is 2.17. The largest absolute Gasteiger partial charge is 0.381 e. The molecule has 0 saturated heterocycles. The summed E-state index contributed by atoms with van der Waals surface area (Å²) in [5, 5.41) is 0. The average Bonchev–Trinajstić information content (AvgIpc) is 2.43. The molecule has 19 heavy (non-hydrogen) atoms. The Hall–Kier alpha value is -1.35. The van der Waals surface area contributed by atoms with Gasteiger partial charge in [0.1, 0.15) is 0 Å². The molecule has 0 bridgehead atoms. The maximum atomic E-state index is 11.8. The molecule has 0 heterocycles. The zero-order chi connectivity index (χ0) is 14.0. The van der Waals surface area contributed by atoms with E-state index in [1.807, 2.05) is 0 Å². The summed E-state index contributed by atoms with van der Waals surface area (Å²) in [5.41, 5.74) is 11.3. The standard InChI is InChI=1S/C16H23NO2/c1-4-10-8-11-9-12(19-3)6-7-14(11)13(5-2)15(10)16(17)18/h8,12H,4-7,9H2,1-3H3,(H2,17,18). The minimum atomic E-state index is -0.287. The Morgan fingerprint density at radius 1 is 1.42 bits per heavy atom. The van der Waals surface area contributed by atoms with Crippen LogP contribution in [0.15, 0.2) is 6.07 Å². The van der Waals surface area contributed by atoms with Gasteiger partial charge in [0.05, 0.1) is 6.10 Å². The number of hydrogen-bond acceptors (Lipinski definition) is 2. The molecule has 1 aliphatic rings. The lowest BCUT2D eigenvalue weighted by Crippen LogP contribution is -2.25. The second-order valence-corrected chi connectivity index (χ2v) is 5.20. The second kappa shape index (κ2) is 5.74. The van der Waals surface area contributed by atoms with Crippen LogP contribution in [-0.4, -0.2) is 19.1 Å². The van der Waals surface area contributed by atoms with E-state index in [2.05, 4.69) is 19.9 Å². The van der Waals surface area contributed by atoms with E-state index in [1.165, 1.54) is 11.1 Å². The number of fused-ring (bicyclic) bond motifs is 1. The monoisotopic (exact) mass is 261 g/mol. The molecule has 1 amide bonds. The normalized spacial score (nSPS) is 18.2. The van der Waals surface area contributed by atoms with Crippen LogP contribution in [0.25, 0.3) is 0 Å². The lowest BCUT2D eigenvalue weighted by molar-refractivity contribution is 0.0909. The Bertz CT molecular complexity index is 494. The lowest BCUT2D eigenvalue weighted by Gasteiger charge is -2.27. The molecule has 0 fully saturated rings. The Kier molecular flexibility index (Phi) is 4.25. The van der Waals surface area contributed by atoms with Crippen molar-refractivity contribution in [2.45, 2.75) is 52.1 Å². The maximum absolute atomic E-state index is 11.8. The number of nitrogens with two attached hydrogens (primary N) is 1. The first-order chi connectivity index (χ1) is 9.12. The number of primary amides is 1. The highest BCUT2D eigenvalue weighted by atomic mass is 16.5. The molecule has 2 rings (SSSR count). The average molecular weight is 261 g/mol. The topological polar surface area (TPSA) is 52.3 Å². The van der Waals surface area contributed by atoms with Gasteiger partial charge in [0, 0.05) is 12.7 Å². The first kappa shape index (κ1) is 14.1. The highest BCUT2D eigenvalue weighted by molar-refractivity contribution is 5.96. The van der Waals surface area contributed by atoms with Crippen molar-refractivity contribution >= 4 is 5.91 Å². The minimum absolute atomic E-state index is 0.287. The summed E-state index contributed by atoms with van der Waals surface area (Å²) in [6.45, 7) is 4.17. The smallest absolute Gasteiger partial charge is 0.249 e. The molecule has 0 saturated carbocycles. The van der Waals surface area contributed by atoms with E-state index in [-0.39, 0.29) is 5.91 Å². The predicted octanol–water partition coefficient (Wildman–Crippen LogP) is 2.41. The van der Waals surface area contributed by atoms with Crippen LogP contribution in [0.2, 0.25) is 0 Å². The molecule has 2 N–H and O–H groups in total. The van der Waals surface area contributed by atoms with Crippen LogP contribution in [0.5, 0.6) is 0 Å². The van der Waals surface area contributed by atoms with E-state index in [9.17, 15) is 4.79 Å². The zero-order valence-corrected chi connectivity index (χ0v) is 12.1. The van der Waals surface area contributed by atoms with Crippen LogP contribution >= 0.6 is 0 Å². The van der Waals surface area contributed by atoms with Gasteiger partial charge in [0.25, 0.3) is 0 Å². The molecular formula is C16H23NO2. The van der Waals surface area contributed by atoms with Gasteiger partial charge in [0.15, 0.2) is 0 Å². The van der Waals surface area contributed by atoms with Gasteiger partial charge in [-0.1, -0.05) is 19.9 Å². The fraction of sp³-hybridized carbons (Fsp3) is 0.562. The van der Waals surface area contributed by atoms with Gasteiger partial charge >= 0.3 is 0 Å². The van der Waals surface area contributed by atoms with Crippen LogP contribution in [0.1, 0.15) is 52.9 Å². The lowest BCUT2D eigenvalue weighted by atomic mass is 9.81. The maximum Gasteiger partial charge on any atom is 0.249 e. The van der Waals surface area contributed by atoms with Gasteiger partial charge in [-0.3, -0.25) is 4.79 Å². The third-order valence-corrected chi connectivity index (χ3v) is 4.20. The molecule has 1 unspecified atom stereocenters. The third kappa shape index (κ3) is 2.52. The molecule has 3 nitrogen and oxygen atoms in total. The Morgan fingerprint density at radius 2 is 2.16 bits per heavy atom. The number of benzene rings is 1. The molecule has 1 aromatic rings. The van der Waals surface area contributed by atoms with Crippen LogP contribution in [0, 0.1) is 0 Å². The molecule has 0 aromatic heterocycles. The quantitative estimate of drug-likeness (QED) is 0.905. The predicted molar refractivity (Wildman–Crippen MR) is 76.5 cm³/mol. The fourth-order valence-corrected chi connectivity index (χ4v) is 3.23. The van der Waals surface area contributed by atoms with E-state index in [1.54, 1.807) is 7.11 Å². The summed E-state index contributed by atoms with van der Waals surface area (Å²) in [6.07, 6.45) is 4.98. The summed E-state index contributed by atoms with van der Waals surface area (Å²) in [5.74, 6) is -0.287. The summed E-state index contributed by atoms with van der Waals surface area (Å²) in [7, 11) is 1.77. The number of amides is 1. The van der Waals surface area contributed by atoms with Crippen LogP contribution in [0.4, 0.5) is 0 Å². The van der Waals surface area contributed by atoms with Gasteiger partial charge in [-0.25, -0.2) is 0 Å². The van der Waals surface area contributed by atoms with E-state index in [4.69, 9.17) is 10.5 Å². The molecule has 1 atom stereocenters.